The number of likely N-dealkylation sites (N-methyl/N-ethyl adjacent to an activating group) is 1. The van der Waals surface area contributed by atoms with Crippen LogP contribution in [0.5, 0.6) is 0 Å². The first-order valence-electron chi connectivity index (χ1n) is 5.66. The van der Waals surface area contributed by atoms with Gasteiger partial charge in [0.05, 0.1) is 6.54 Å². The van der Waals surface area contributed by atoms with Crippen molar-refractivity contribution in [3.05, 3.63) is 40.8 Å². The van der Waals surface area contributed by atoms with Crippen molar-refractivity contribution < 1.29 is 9.53 Å². The maximum Gasteiger partial charge on any atom is 0.300 e. The second-order valence-electron chi connectivity index (χ2n) is 3.59. The van der Waals surface area contributed by atoms with Gasteiger partial charge in [-0.25, -0.2) is 4.99 Å². The fourth-order valence-corrected chi connectivity index (χ4v) is 2.20. The summed E-state index contributed by atoms with van der Waals surface area (Å²) in [7, 11) is 0. The number of nitrogens with zero attached hydrogens (tertiary/aromatic N) is 2. The maximum absolute atomic E-state index is 12.1. The molecule has 94 valence electrons. The number of carbonyl (C=O) groups is 1. The number of ether oxygens (including phenoxy) is 1. The Morgan fingerprint density at radius 3 is 3.06 bits per heavy atom. The molecule has 2 rings (SSSR count). The van der Waals surface area contributed by atoms with Crippen LogP contribution < -0.4 is 0 Å². The van der Waals surface area contributed by atoms with Gasteiger partial charge < -0.3 is 4.74 Å². The fraction of sp³-hybridized carbons (Fsp3) is 0.231. The monoisotopic (exact) mass is 262 g/mol. The fourth-order valence-electron chi connectivity index (χ4n) is 1.55. The van der Waals surface area contributed by atoms with Crippen molar-refractivity contribution in [3.8, 4) is 0 Å². The van der Waals surface area contributed by atoms with E-state index in [4.69, 9.17) is 4.74 Å². The van der Waals surface area contributed by atoms with Crippen LogP contribution in [0.1, 0.15) is 11.8 Å². The maximum atomic E-state index is 12.1. The van der Waals surface area contributed by atoms with Gasteiger partial charge in [0.2, 0.25) is 0 Å². The van der Waals surface area contributed by atoms with Gasteiger partial charge >= 0.3 is 6.02 Å². The molecule has 1 aliphatic heterocycles. The Morgan fingerprint density at radius 2 is 2.44 bits per heavy atom. The number of hydrogen-bond donors (Lipinski definition) is 0. The van der Waals surface area contributed by atoms with Crippen molar-refractivity contribution in [1.82, 2.24) is 4.90 Å². The first-order valence-corrected chi connectivity index (χ1v) is 6.54. The summed E-state index contributed by atoms with van der Waals surface area (Å²) in [4.78, 5) is 18.7. The number of amides is 1. The lowest BCUT2D eigenvalue weighted by Crippen LogP contribution is -2.29. The highest BCUT2D eigenvalue weighted by Gasteiger charge is 2.33. The van der Waals surface area contributed by atoms with Crippen LogP contribution in [-0.2, 0) is 9.53 Å². The summed E-state index contributed by atoms with van der Waals surface area (Å²) < 4.78 is 5.50. The van der Waals surface area contributed by atoms with E-state index in [1.54, 1.807) is 23.5 Å². The van der Waals surface area contributed by atoms with E-state index in [9.17, 15) is 4.79 Å². The molecular weight excluding hydrogens is 248 g/mol. The van der Waals surface area contributed by atoms with Crippen LogP contribution in [0.4, 0.5) is 0 Å². The smallest absolute Gasteiger partial charge is 0.300 e. The predicted molar refractivity (Wildman–Crippen MR) is 73.3 cm³/mol. The van der Waals surface area contributed by atoms with Gasteiger partial charge in [0.25, 0.3) is 5.91 Å². The molecule has 0 saturated carbocycles. The molecule has 1 aliphatic rings. The van der Waals surface area contributed by atoms with Crippen molar-refractivity contribution in [2.75, 3.05) is 13.1 Å². The molecule has 0 radical (unpaired) electrons. The van der Waals surface area contributed by atoms with Crippen LogP contribution in [0.15, 0.2) is 40.9 Å². The lowest BCUT2D eigenvalue weighted by Gasteiger charge is -2.08. The first kappa shape index (κ1) is 12.6. The van der Waals surface area contributed by atoms with Crippen LogP contribution in [0.3, 0.4) is 0 Å². The van der Waals surface area contributed by atoms with Crippen molar-refractivity contribution >= 4 is 29.3 Å². The molecule has 0 spiro atoms. The standard InChI is InChI=1S/C13H14N2O2S/c1-3-7-14-13-15(4-2)12(16)11(17-13)9-10-6-5-8-18-10/h3,5-6,8-9H,1,4,7H2,2H3/b11-9+,14-13?. The molecule has 4 nitrogen and oxygen atoms in total. The van der Waals surface area contributed by atoms with E-state index in [1.165, 1.54) is 4.90 Å². The van der Waals surface area contributed by atoms with Crippen LogP contribution in [-0.4, -0.2) is 29.9 Å². The second kappa shape index (κ2) is 5.64. The number of thiophene rings is 1. The number of aliphatic imine (C=N–C) groups is 1. The SMILES string of the molecule is C=CCN=C1O/C(=C/c2cccs2)C(=O)N1CC. The summed E-state index contributed by atoms with van der Waals surface area (Å²) in [6, 6.07) is 4.22. The summed E-state index contributed by atoms with van der Waals surface area (Å²) in [6.07, 6.45) is 3.40. The third-order valence-electron chi connectivity index (χ3n) is 2.38. The van der Waals surface area contributed by atoms with Crippen molar-refractivity contribution in [1.29, 1.82) is 0 Å². The highest BCUT2D eigenvalue weighted by Crippen LogP contribution is 2.21. The molecule has 0 aliphatic carbocycles. The zero-order valence-electron chi connectivity index (χ0n) is 10.1. The molecule has 0 atom stereocenters. The van der Waals surface area contributed by atoms with E-state index in [2.05, 4.69) is 11.6 Å². The Kier molecular flexibility index (Phi) is 3.94. The normalized spacial score (nSPS) is 19.6. The quantitative estimate of drug-likeness (QED) is 0.618. The second-order valence-corrected chi connectivity index (χ2v) is 4.57. The lowest BCUT2D eigenvalue weighted by molar-refractivity contribution is -0.122. The third-order valence-corrected chi connectivity index (χ3v) is 3.20. The molecule has 1 amide bonds. The molecule has 2 heterocycles. The molecule has 1 aromatic rings. The largest absolute Gasteiger partial charge is 0.420 e. The lowest BCUT2D eigenvalue weighted by atomic mass is 10.3. The Balaban J connectivity index is 2.25. The highest BCUT2D eigenvalue weighted by molar-refractivity contribution is 7.10. The highest BCUT2D eigenvalue weighted by atomic mass is 32.1. The number of carbonyl (C=O) groups excluding carboxylic acids is 1. The van der Waals surface area contributed by atoms with E-state index in [1.807, 2.05) is 24.4 Å². The van der Waals surface area contributed by atoms with Crippen LogP contribution in [0.2, 0.25) is 0 Å². The minimum atomic E-state index is -0.145. The van der Waals surface area contributed by atoms with Gasteiger partial charge in [-0.2, -0.15) is 0 Å². The Bertz CT molecular complexity index is 503. The van der Waals surface area contributed by atoms with E-state index in [0.29, 0.717) is 24.9 Å². The summed E-state index contributed by atoms with van der Waals surface area (Å²) in [5.74, 6) is 0.177. The topological polar surface area (TPSA) is 41.9 Å². The number of amidine groups is 1. The van der Waals surface area contributed by atoms with E-state index in [0.717, 1.165) is 4.88 Å². The van der Waals surface area contributed by atoms with Crippen LogP contribution in [0, 0.1) is 0 Å². The Morgan fingerprint density at radius 1 is 1.61 bits per heavy atom. The minimum Gasteiger partial charge on any atom is -0.420 e. The van der Waals surface area contributed by atoms with Crippen LogP contribution in [0.25, 0.3) is 6.08 Å². The van der Waals surface area contributed by atoms with E-state index in [-0.39, 0.29) is 5.91 Å². The van der Waals surface area contributed by atoms with Crippen molar-refractivity contribution in [2.45, 2.75) is 6.92 Å². The van der Waals surface area contributed by atoms with E-state index >= 15 is 0 Å². The van der Waals surface area contributed by atoms with Gasteiger partial charge in [0, 0.05) is 17.5 Å². The van der Waals surface area contributed by atoms with Crippen LogP contribution >= 0.6 is 11.3 Å². The third kappa shape index (κ3) is 2.51. The Labute approximate surface area is 110 Å². The van der Waals surface area contributed by atoms with Gasteiger partial charge in [-0.1, -0.05) is 12.1 Å². The molecule has 0 unspecified atom stereocenters. The molecular formula is C13H14N2O2S. The molecule has 0 aromatic carbocycles. The number of hydrogen-bond acceptors (Lipinski definition) is 4. The van der Waals surface area contributed by atoms with Gasteiger partial charge in [0.15, 0.2) is 5.76 Å². The van der Waals surface area contributed by atoms with Gasteiger partial charge in [0.1, 0.15) is 0 Å². The summed E-state index contributed by atoms with van der Waals surface area (Å²) >= 11 is 1.56. The average Bonchev–Trinajstić information content (AvgIpc) is 2.97. The zero-order valence-corrected chi connectivity index (χ0v) is 10.9. The zero-order chi connectivity index (χ0) is 13.0. The minimum absolute atomic E-state index is 0.145. The van der Waals surface area contributed by atoms with Crippen molar-refractivity contribution in [3.63, 3.8) is 0 Å². The first-order chi connectivity index (χ1) is 8.76. The summed E-state index contributed by atoms with van der Waals surface area (Å²) in [6.45, 7) is 6.45. The molecule has 0 N–H and O–H groups in total. The summed E-state index contributed by atoms with van der Waals surface area (Å²) in [5.41, 5.74) is 0. The molecule has 5 heteroatoms. The molecule has 1 aromatic heterocycles. The van der Waals surface area contributed by atoms with Crippen molar-refractivity contribution in [2.24, 2.45) is 4.99 Å². The van der Waals surface area contributed by atoms with Gasteiger partial charge in [-0.15, -0.1) is 17.9 Å². The molecule has 1 saturated heterocycles. The molecule has 0 bridgehead atoms. The van der Waals surface area contributed by atoms with E-state index < -0.39 is 0 Å². The molecule has 1 fully saturated rings. The number of rotatable bonds is 4. The van der Waals surface area contributed by atoms with Gasteiger partial charge in [-0.05, 0) is 18.4 Å². The summed E-state index contributed by atoms with van der Waals surface area (Å²) in [5, 5.41) is 1.95. The molecule has 18 heavy (non-hydrogen) atoms. The average molecular weight is 262 g/mol. The van der Waals surface area contributed by atoms with Gasteiger partial charge in [-0.3, -0.25) is 9.69 Å². The Hall–Kier alpha value is -1.88. The predicted octanol–water partition coefficient (Wildman–Crippen LogP) is 2.51.